The molecule has 0 aliphatic heterocycles. The van der Waals surface area contributed by atoms with Gasteiger partial charge >= 0.3 is 0 Å². The highest BCUT2D eigenvalue weighted by atomic mass is 35.5. The van der Waals surface area contributed by atoms with E-state index < -0.39 is 0 Å². The molecule has 4 nitrogen and oxygen atoms in total. The highest BCUT2D eigenvalue weighted by Gasteiger charge is 2.18. The first-order chi connectivity index (χ1) is 9.88. The Balaban J connectivity index is 2.10. The van der Waals surface area contributed by atoms with E-state index in [0.29, 0.717) is 23.3 Å². The SMILES string of the molecule is CC(C)(C)c1nc(Cl)cc(NCc2ccc(CO)cc2)n1. The summed E-state index contributed by atoms with van der Waals surface area (Å²) in [5.41, 5.74) is 1.86. The van der Waals surface area contributed by atoms with E-state index in [1.165, 1.54) is 0 Å². The van der Waals surface area contributed by atoms with Gasteiger partial charge in [0.2, 0.25) is 0 Å². The number of aromatic nitrogens is 2. The fourth-order valence-electron chi connectivity index (χ4n) is 1.80. The van der Waals surface area contributed by atoms with E-state index in [2.05, 4.69) is 36.1 Å². The summed E-state index contributed by atoms with van der Waals surface area (Å²) in [6.07, 6.45) is 0. The zero-order valence-corrected chi connectivity index (χ0v) is 13.3. The lowest BCUT2D eigenvalue weighted by atomic mass is 9.96. The molecular weight excluding hydrogens is 286 g/mol. The molecule has 2 N–H and O–H groups in total. The van der Waals surface area contributed by atoms with Gasteiger partial charge in [-0.1, -0.05) is 56.6 Å². The maximum atomic E-state index is 9.03. The number of nitrogens with one attached hydrogen (secondary N) is 1. The molecule has 2 rings (SSSR count). The summed E-state index contributed by atoms with van der Waals surface area (Å²) in [5, 5.41) is 12.7. The molecule has 5 heteroatoms. The number of aliphatic hydroxyl groups excluding tert-OH is 1. The number of nitrogens with zero attached hydrogens (tertiary/aromatic N) is 2. The van der Waals surface area contributed by atoms with E-state index >= 15 is 0 Å². The van der Waals surface area contributed by atoms with Crippen molar-refractivity contribution in [2.75, 3.05) is 5.32 Å². The summed E-state index contributed by atoms with van der Waals surface area (Å²) < 4.78 is 0. The van der Waals surface area contributed by atoms with Crippen LogP contribution in [0.4, 0.5) is 5.82 Å². The van der Waals surface area contributed by atoms with Crippen LogP contribution < -0.4 is 5.32 Å². The molecule has 1 aromatic heterocycles. The zero-order valence-electron chi connectivity index (χ0n) is 12.5. The Morgan fingerprint density at radius 3 is 2.29 bits per heavy atom. The number of hydrogen-bond donors (Lipinski definition) is 2. The first-order valence-electron chi connectivity index (χ1n) is 6.86. The number of halogens is 1. The van der Waals surface area contributed by atoms with Crippen LogP contribution in [0.25, 0.3) is 0 Å². The van der Waals surface area contributed by atoms with Gasteiger partial charge in [-0.3, -0.25) is 0 Å². The van der Waals surface area contributed by atoms with Crippen LogP contribution in [-0.2, 0) is 18.6 Å². The number of rotatable bonds is 4. The third-order valence-corrected chi connectivity index (χ3v) is 3.24. The molecule has 0 aliphatic rings. The van der Waals surface area contributed by atoms with Gasteiger partial charge in [-0.2, -0.15) is 0 Å². The largest absolute Gasteiger partial charge is 0.392 e. The molecule has 0 atom stereocenters. The smallest absolute Gasteiger partial charge is 0.137 e. The second-order valence-electron chi connectivity index (χ2n) is 5.98. The van der Waals surface area contributed by atoms with Crippen molar-refractivity contribution in [1.82, 2.24) is 9.97 Å². The molecule has 0 saturated heterocycles. The molecule has 1 heterocycles. The highest BCUT2D eigenvalue weighted by Crippen LogP contribution is 2.22. The van der Waals surface area contributed by atoms with Gasteiger partial charge in [0.15, 0.2) is 0 Å². The van der Waals surface area contributed by atoms with Crippen molar-refractivity contribution in [3.05, 3.63) is 52.4 Å². The zero-order chi connectivity index (χ0) is 15.5. The summed E-state index contributed by atoms with van der Waals surface area (Å²) in [6, 6.07) is 9.49. The van der Waals surface area contributed by atoms with Crippen molar-refractivity contribution >= 4 is 17.4 Å². The van der Waals surface area contributed by atoms with Crippen LogP contribution in [0.5, 0.6) is 0 Å². The van der Waals surface area contributed by atoms with Gasteiger partial charge in [0.25, 0.3) is 0 Å². The minimum atomic E-state index is -0.149. The Morgan fingerprint density at radius 1 is 1.10 bits per heavy atom. The van der Waals surface area contributed by atoms with Crippen molar-refractivity contribution in [1.29, 1.82) is 0 Å². The molecule has 0 spiro atoms. The number of anilines is 1. The Hall–Kier alpha value is -1.65. The predicted octanol–water partition coefficient (Wildman–Crippen LogP) is 3.53. The topological polar surface area (TPSA) is 58.0 Å². The predicted molar refractivity (Wildman–Crippen MR) is 85.4 cm³/mol. The molecule has 0 bridgehead atoms. The second-order valence-corrected chi connectivity index (χ2v) is 6.36. The lowest BCUT2D eigenvalue weighted by Crippen LogP contribution is -2.17. The fourth-order valence-corrected chi connectivity index (χ4v) is 1.98. The van der Waals surface area contributed by atoms with Gasteiger partial charge in [-0.05, 0) is 11.1 Å². The standard InChI is InChI=1S/C16H20ClN3O/c1-16(2,3)15-19-13(17)8-14(20-15)18-9-11-4-6-12(10-21)7-5-11/h4-8,21H,9-10H2,1-3H3,(H,18,19,20). The van der Waals surface area contributed by atoms with Gasteiger partial charge in [0, 0.05) is 18.0 Å². The van der Waals surface area contributed by atoms with E-state index in [1.54, 1.807) is 6.07 Å². The molecule has 0 fully saturated rings. The summed E-state index contributed by atoms with van der Waals surface area (Å²) in [6.45, 7) is 6.86. The molecule has 0 amide bonds. The molecular formula is C16H20ClN3O. The van der Waals surface area contributed by atoms with E-state index in [0.717, 1.165) is 11.1 Å². The monoisotopic (exact) mass is 305 g/mol. The molecule has 0 saturated carbocycles. The summed E-state index contributed by atoms with van der Waals surface area (Å²) >= 11 is 6.06. The molecule has 21 heavy (non-hydrogen) atoms. The van der Waals surface area contributed by atoms with Crippen LogP contribution in [0.3, 0.4) is 0 Å². The Bertz CT molecular complexity index is 606. The van der Waals surface area contributed by atoms with Crippen LogP contribution in [0.1, 0.15) is 37.7 Å². The minimum Gasteiger partial charge on any atom is -0.392 e. The van der Waals surface area contributed by atoms with E-state index in [-0.39, 0.29) is 12.0 Å². The third kappa shape index (κ3) is 4.41. The molecule has 2 aromatic rings. The second kappa shape index (κ2) is 6.41. The number of benzene rings is 1. The normalized spacial score (nSPS) is 11.5. The average molecular weight is 306 g/mol. The number of hydrogen-bond acceptors (Lipinski definition) is 4. The fraction of sp³-hybridized carbons (Fsp3) is 0.375. The molecule has 112 valence electrons. The van der Waals surface area contributed by atoms with Crippen LogP contribution in [0, 0.1) is 0 Å². The number of aliphatic hydroxyl groups is 1. The first kappa shape index (κ1) is 15.7. The summed E-state index contributed by atoms with van der Waals surface area (Å²) in [4.78, 5) is 8.78. The van der Waals surface area contributed by atoms with Crippen LogP contribution in [0.2, 0.25) is 5.15 Å². The van der Waals surface area contributed by atoms with Gasteiger partial charge in [0.1, 0.15) is 16.8 Å². The van der Waals surface area contributed by atoms with E-state index in [9.17, 15) is 0 Å². The summed E-state index contributed by atoms with van der Waals surface area (Å²) in [7, 11) is 0. The van der Waals surface area contributed by atoms with E-state index in [1.807, 2.05) is 24.3 Å². The lowest BCUT2D eigenvalue weighted by Gasteiger charge is -2.17. The third-order valence-electron chi connectivity index (χ3n) is 3.04. The van der Waals surface area contributed by atoms with Crippen molar-refractivity contribution < 1.29 is 5.11 Å². The van der Waals surface area contributed by atoms with Crippen molar-refractivity contribution in [2.24, 2.45) is 0 Å². The van der Waals surface area contributed by atoms with Gasteiger partial charge in [-0.15, -0.1) is 0 Å². The van der Waals surface area contributed by atoms with Crippen LogP contribution in [-0.4, -0.2) is 15.1 Å². The Labute approximate surface area is 130 Å². The van der Waals surface area contributed by atoms with Gasteiger partial charge in [-0.25, -0.2) is 9.97 Å². The van der Waals surface area contributed by atoms with Crippen molar-refractivity contribution in [2.45, 2.75) is 39.3 Å². The summed E-state index contributed by atoms with van der Waals surface area (Å²) in [5.74, 6) is 1.43. The lowest BCUT2D eigenvalue weighted by molar-refractivity contribution is 0.282. The quantitative estimate of drug-likeness (QED) is 0.848. The van der Waals surface area contributed by atoms with Crippen LogP contribution in [0.15, 0.2) is 30.3 Å². The van der Waals surface area contributed by atoms with Crippen LogP contribution >= 0.6 is 11.6 Å². The Morgan fingerprint density at radius 2 is 1.71 bits per heavy atom. The molecule has 1 aromatic carbocycles. The maximum absolute atomic E-state index is 9.03. The maximum Gasteiger partial charge on any atom is 0.137 e. The van der Waals surface area contributed by atoms with E-state index in [4.69, 9.17) is 16.7 Å². The first-order valence-corrected chi connectivity index (χ1v) is 7.24. The van der Waals surface area contributed by atoms with Crippen molar-refractivity contribution in [3.63, 3.8) is 0 Å². The molecule has 0 unspecified atom stereocenters. The Kier molecular flexibility index (Phi) is 4.80. The minimum absolute atomic E-state index is 0.0597. The molecule has 0 aliphatic carbocycles. The molecule has 0 radical (unpaired) electrons. The van der Waals surface area contributed by atoms with Crippen molar-refractivity contribution in [3.8, 4) is 0 Å². The highest BCUT2D eigenvalue weighted by molar-refractivity contribution is 6.29. The van der Waals surface area contributed by atoms with Gasteiger partial charge < -0.3 is 10.4 Å². The van der Waals surface area contributed by atoms with Gasteiger partial charge in [0.05, 0.1) is 6.61 Å². The average Bonchev–Trinajstić information content (AvgIpc) is 2.44.